The summed E-state index contributed by atoms with van der Waals surface area (Å²) in [6.45, 7) is 4.34. The van der Waals surface area contributed by atoms with E-state index in [4.69, 9.17) is 0 Å². The zero-order valence-electron chi connectivity index (χ0n) is 19.6. The van der Waals surface area contributed by atoms with Gasteiger partial charge in [0.25, 0.3) is 0 Å². The van der Waals surface area contributed by atoms with Crippen LogP contribution >= 0.6 is 0 Å². The maximum absolute atomic E-state index is 15.4. The average molecular weight is 427 g/mol. The highest BCUT2D eigenvalue weighted by Crippen LogP contribution is 2.40. The van der Waals surface area contributed by atoms with Crippen molar-refractivity contribution in [3.8, 4) is 11.8 Å². The summed E-state index contributed by atoms with van der Waals surface area (Å²) < 4.78 is 15.4. The molecule has 0 bridgehead atoms. The summed E-state index contributed by atoms with van der Waals surface area (Å²) in [6, 6.07) is 18.2. The molecule has 1 aliphatic rings. The quantitative estimate of drug-likeness (QED) is 0.272. The molecule has 4 rings (SSSR count). The van der Waals surface area contributed by atoms with Crippen molar-refractivity contribution in [3.05, 3.63) is 82.7 Å². The summed E-state index contributed by atoms with van der Waals surface area (Å²) in [7, 11) is 0. The largest absolute Gasteiger partial charge is 0.206 e. The molecular formula is C31H35F. The molecule has 0 unspecified atom stereocenters. The second kappa shape index (κ2) is 10.8. The summed E-state index contributed by atoms with van der Waals surface area (Å²) in [6.07, 6.45) is 11.5. The Labute approximate surface area is 193 Å². The van der Waals surface area contributed by atoms with Crippen LogP contribution in [0.15, 0.2) is 54.6 Å². The van der Waals surface area contributed by atoms with Gasteiger partial charge in [-0.25, -0.2) is 4.39 Å². The summed E-state index contributed by atoms with van der Waals surface area (Å²) >= 11 is 0. The highest BCUT2D eigenvalue weighted by molar-refractivity contribution is 5.85. The molecule has 0 aliphatic heterocycles. The van der Waals surface area contributed by atoms with Gasteiger partial charge in [0.1, 0.15) is 5.82 Å². The van der Waals surface area contributed by atoms with Crippen LogP contribution in [0.2, 0.25) is 0 Å². The van der Waals surface area contributed by atoms with E-state index in [0.29, 0.717) is 5.92 Å². The molecule has 0 nitrogen and oxygen atoms in total. The Morgan fingerprint density at radius 3 is 2.28 bits per heavy atom. The predicted molar refractivity (Wildman–Crippen MR) is 135 cm³/mol. The van der Waals surface area contributed by atoms with Crippen molar-refractivity contribution in [1.29, 1.82) is 0 Å². The Bertz CT molecular complexity index is 1090. The van der Waals surface area contributed by atoms with Gasteiger partial charge >= 0.3 is 0 Å². The maximum atomic E-state index is 15.4. The van der Waals surface area contributed by atoms with Crippen LogP contribution in [0.25, 0.3) is 10.8 Å². The van der Waals surface area contributed by atoms with E-state index >= 15 is 4.39 Å². The van der Waals surface area contributed by atoms with Gasteiger partial charge in [-0.05, 0) is 79.7 Å². The van der Waals surface area contributed by atoms with Gasteiger partial charge in [0.15, 0.2) is 0 Å². The molecule has 32 heavy (non-hydrogen) atoms. The zero-order chi connectivity index (χ0) is 22.3. The standard InChI is InChI=1S/C31H35F/c1-3-4-5-6-7-24-14-17-27(18-15-24)29-21-19-28-22-26(16-20-30(28)31(29)32)13-12-25-10-8-23(2)9-11-25/h8-11,16,19-22,24,27H,3-7,14-15,17-18H2,1-2H3. The third-order valence-electron chi connectivity index (χ3n) is 7.14. The van der Waals surface area contributed by atoms with Crippen molar-refractivity contribution >= 4 is 10.8 Å². The number of benzene rings is 3. The number of halogens is 1. The second-order valence-corrected chi connectivity index (χ2v) is 9.59. The number of unbranched alkanes of at least 4 members (excludes halogenated alkanes) is 3. The highest BCUT2D eigenvalue weighted by Gasteiger charge is 2.24. The van der Waals surface area contributed by atoms with Crippen molar-refractivity contribution in [2.45, 2.75) is 77.6 Å². The number of hydrogen-bond acceptors (Lipinski definition) is 0. The molecule has 1 fully saturated rings. The van der Waals surface area contributed by atoms with Crippen LogP contribution in [0.4, 0.5) is 4.39 Å². The summed E-state index contributed by atoms with van der Waals surface area (Å²) in [5, 5.41) is 1.66. The van der Waals surface area contributed by atoms with Crippen LogP contribution in [0.5, 0.6) is 0 Å². The number of aryl methyl sites for hydroxylation is 1. The Morgan fingerprint density at radius 1 is 0.812 bits per heavy atom. The van der Waals surface area contributed by atoms with Crippen LogP contribution in [0, 0.1) is 30.5 Å². The molecule has 0 heterocycles. The predicted octanol–water partition coefficient (Wildman–Crippen LogP) is 8.93. The first-order valence-electron chi connectivity index (χ1n) is 12.4. The molecule has 3 aromatic rings. The smallest absolute Gasteiger partial charge is 0.134 e. The topological polar surface area (TPSA) is 0 Å². The lowest BCUT2D eigenvalue weighted by Gasteiger charge is -2.29. The van der Waals surface area contributed by atoms with E-state index in [-0.39, 0.29) is 5.82 Å². The first-order valence-corrected chi connectivity index (χ1v) is 12.4. The molecule has 3 aromatic carbocycles. The fourth-order valence-electron chi connectivity index (χ4n) is 5.10. The minimum Gasteiger partial charge on any atom is -0.206 e. The van der Waals surface area contributed by atoms with Crippen LogP contribution in [0.1, 0.15) is 92.9 Å². The van der Waals surface area contributed by atoms with Gasteiger partial charge in [-0.2, -0.15) is 0 Å². The Balaban J connectivity index is 1.43. The zero-order valence-corrected chi connectivity index (χ0v) is 19.6. The molecule has 0 atom stereocenters. The van der Waals surface area contributed by atoms with Crippen molar-refractivity contribution in [3.63, 3.8) is 0 Å². The molecule has 1 aliphatic carbocycles. The molecule has 0 spiro atoms. The fourth-order valence-corrected chi connectivity index (χ4v) is 5.10. The van der Waals surface area contributed by atoms with E-state index in [2.05, 4.69) is 43.9 Å². The number of fused-ring (bicyclic) bond motifs is 1. The molecule has 0 saturated heterocycles. The third kappa shape index (κ3) is 5.60. The lowest BCUT2D eigenvalue weighted by Crippen LogP contribution is -2.14. The van der Waals surface area contributed by atoms with E-state index in [1.807, 2.05) is 36.4 Å². The van der Waals surface area contributed by atoms with Crippen molar-refractivity contribution in [2.75, 3.05) is 0 Å². The fraction of sp³-hybridized carbons (Fsp3) is 0.419. The lowest BCUT2D eigenvalue weighted by atomic mass is 9.76. The molecule has 0 N–H and O–H groups in total. The SMILES string of the molecule is CCCCCCC1CCC(c2ccc3cc(C#Cc4ccc(C)cc4)ccc3c2F)CC1. The van der Waals surface area contributed by atoms with E-state index in [9.17, 15) is 0 Å². The van der Waals surface area contributed by atoms with Crippen LogP contribution in [0.3, 0.4) is 0 Å². The van der Waals surface area contributed by atoms with Gasteiger partial charge in [0, 0.05) is 16.5 Å². The van der Waals surface area contributed by atoms with Crippen LogP contribution in [-0.2, 0) is 0 Å². The van der Waals surface area contributed by atoms with Crippen LogP contribution < -0.4 is 0 Å². The summed E-state index contributed by atoms with van der Waals surface area (Å²) in [5.74, 6) is 7.63. The van der Waals surface area contributed by atoms with Gasteiger partial charge in [0.2, 0.25) is 0 Å². The molecule has 0 aromatic heterocycles. The molecular weight excluding hydrogens is 391 g/mol. The van der Waals surface area contributed by atoms with Gasteiger partial charge in [-0.15, -0.1) is 0 Å². The summed E-state index contributed by atoms with van der Waals surface area (Å²) in [5.41, 5.74) is 4.07. The first kappa shape index (κ1) is 22.6. The average Bonchev–Trinajstić information content (AvgIpc) is 2.82. The Kier molecular flexibility index (Phi) is 7.64. The number of rotatable bonds is 6. The van der Waals surface area contributed by atoms with Crippen molar-refractivity contribution in [1.82, 2.24) is 0 Å². The second-order valence-electron chi connectivity index (χ2n) is 9.59. The summed E-state index contributed by atoms with van der Waals surface area (Å²) in [4.78, 5) is 0. The minimum absolute atomic E-state index is 0.0214. The monoisotopic (exact) mass is 426 g/mol. The Morgan fingerprint density at radius 2 is 1.53 bits per heavy atom. The first-order chi connectivity index (χ1) is 15.6. The van der Waals surface area contributed by atoms with Crippen molar-refractivity contribution < 1.29 is 4.39 Å². The highest BCUT2D eigenvalue weighted by atomic mass is 19.1. The lowest BCUT2D eigenvalue weighted by molar-refractivity contribution is 0.299. The third-order valence-corrected chi connectivity index (χ3v) is 7.14. The molecule has 1 saturated carbocycles. The number of hydrogen-bond donors (Lipinski definition) is 0. The Hall–Kier alpha value is -2.59. The normalized spacial score (nSPS) is 18.3. The molecule has 0 radical (unpaired) electrons. The minimum atomic E-state index is -0.0214. The van der Waals surface area contributed by atoms with Gasteiger partial charge in [-0.3, -0.25) is 0 Å². The van der Waals surface area contributed by atoms with Gasteiger partial charge in [0.05, 0.1) is 0 Å². The molecule has 0 amide bonds. The van der Waals surface area contributed by atoms with Crippen molar-refractivity contribution in [2.24, 2.45) is 5.92 Å². The van der Waals surface area contributed by atoms with Crippen LogP contribution in [-0.4, -0.2) is 0 Å². The molecule has 166 valence electrons. The van der Waals surface area contributed by atoms with E-state index < -0.39 is 0 Å². The van der Waals surface area contributed by atoms with E-state index in [1.165, 1.54) is 50.5 Å². The molecule has 1 heteroatoms. The van der Waals surface area contributed by atoms with E-state index in [1.54, 1.807) is 0 Å². The van der Waals surface area contributed by atoms with E-state index in [0.717, 1.165) is 46.2 Å². The maximum Gasteiger partial charge on any atom is 0.134 e. The van der Waals surface area contributed by atoms with Gasteiger partial charge in [-0.1, -0.05) is 86.8 Å². The van der Waals surface area contributed by atoms with Gasteiger partial charge < -0.3 is 0 Å².